The molecule has 3 heterocycles. The van der Waals surface area contributed by atoms with Crippen molar-refractivity contribution in [1.82, 2.24) is 9.97 Å². The highest BCUT2D eigenvalue weighted by Gasteiger charge is 2.43. The number of ether oxygens (including phenoxy) is 2. The Bertz CT molecular complexity index is 1610. The number of nitrogens with zero attached hydrogens (tertiary/aromatic N) is 5. The molecule has 1 saturated heterocycles. The van der Waals surface area contributed by atoms with Gasteiger partial charge < -0.3 is 24.4 Å². The number of morpholine rings is 1. The van der Waals surface area contributed by atoms with Crippen molar-refractivity contribution in [1.29, 1.82) is 0 Å². The Morgan fingerprint density at radius 2 is 1.52 bits per heavy atom. The molecule has 2 aliphatic heterocycles. The lowest BCUT2D eigenvalue weighted by Gasteiger charge is -2.44. The lowest BCUT2D eigenvalue weighted by Crippen LogP contribution is -2.48. The number of benzene rings is 2. The van der Waals surface area contributed by atoms with E-state index >= 15 is 0 Å². The van der Waals surface area contributed by atoms with Crippen LogP contribution >= 0.6 is 0 Å². The minimum atomic E-state index is -5.15. The SMILES string of the molecule is CC[C@@H]1C[C@H](N(Cc2cc(C(F)(F)F)cc(C(F)(F)F)c2)c2ncc(N3CCOCC3)cn2)c2cc(C(F)(F)F)ccc2N1C(=O)OCCO. The summed E-state index contributed by atoms with van der Waals surface area (Å²) in [5, 5.41) is 9.19. The number of amides is 1. The summed E-state index contributed by atoms with van der Waals surface area (Å²) < 4.78 is 136. The number of rotatable bonds is 8. The molecule has 1 aromatic heterocycles. The average Bonchev–Trinajstić information content (AvgIpc) is 3.07. The molecule has 5 rings (SSSR count). The molecule has 0 saturated carbocycles. The van der Waals surface area contributed by atoms with Crippen LogP contribution in [0, 0.1) is 0 Å². The van der Waals surface area contributed by atoms with Crippen molar-refractivity contribution in [2.45, 2.75) is 56.9 Å². The molecule has 0 aliphatic carbocycles. The van der Waals surface area contributed by atoms with Crippen LogP contribution in [0.2, 0.25) is 0 Å². The number of alkyl halides is 9. The van der Waals surface area contributed by atoms with E-state index in [1.165, 1.54) is 17.3 Å². The highest BCUT2D eigenvalue weighted by Crippen LogP contribution is 2.46. The number of aromatic nitrogens is 2. The minimum absolute atomic E-state index is 0.0179. The maximum absolute atomic E-state index is 14.1. The predicted octanol–water partition coefficient (Wildman–Crippen LogP) is 7.24. The van der Waals surface area contributed by atoms with E-state index in [0.717, 1.165) is 23.1 Å². The van der Waals surface area contributed by atoms with Gasteiger partial charge in [-0.1, -0.05) is 6.92 Å². The van der Waals surface area contributed by atoms with Gasteiger partial charge in [0.25, 0.3) is 0 Å². The summed E-state index contributed by atoms with van der Waals surface area (Å²) in [5.74, 6) is -0.187. The third kappa shape index (κ3) is 8.17. The molecule has 1 fully saturated rings. The number of hydrogen-bond donors (Lipinski definition) is 1. The van der Waals surface area contributed by atoms with Crippen molar-refractivity contribution >= 4 is 23.4 Å². The van der Waals surface area contributed by atoms with Crippen molar-refractivity contribution in [2.24, 2.45) is 0 Å². The number of aliphatic hydroxyl groups is 1. The molecule has 18 heteroatoms. The van der Waals surface area contributed by atoms with Gasteiger partial charge >= 0.3 is 24.6 Å². The number of fused-ring (bicyclic) bond motifs is 1. The Kier molecular flexibility index (Phi) is 10.7. The van der Waals surface area contributed by atoms with E-state index in [2.05, 4.69) is 9.97 Å². The molecular weight excluding hydrogens is 689 g/mol. The molecule has 2 aromatic carbocycles. The van der Waals surface area contributed by atoms with E-state index in [-0.39, 0.29) is 36.1 Å². The maximum Gasteiger partial charge on any atom is 0.416 e. The van der Waals surface area contributed by atoms with Gasteiger partial charge in [-0.2, -0.15) is 39.5 Å². The molecule has 1 N–H and O–H groups in total. The van der Waals surface area contributed by atoms with Crippen LogP contribution < -0.4 is 14.7 Å². The molecule has 2 aliphatic rings. The van der Waals surface area contributed by atoms with Crippen LogP contribution in [0.5, 0.6) is 0 Å². The largest absolute Gasteiger partial charge is 0.447 e. The Morgan fingerprint density at radius 3 is 2.06 bits per heavy atom. The Balaban J connectivity index is 1.69. The van der Waals surface area contributed by atoms with Crippen molar-refractivity contribution < 1.29 is 58.9 Å². The Labute approximate surface area is 280 Å². The summed E-state index contributed by atoms with van der Waals surface area (Å²) in [6, 6.07) is 1.69. The molecule has 2 atom stereocenters. The zero-order chi connectivity index (χ0) is 36.4. The van der Waals surface area contributed by atoms with E-state index in [1.54, 1.807) is 6.92 Å². The molecule has 50 heavy (non-hydrogen) atoms. The predicted molar refractivity (Wildman–Crippen MR) is 161 cm³/mol. The van der Waals surface area contributed by atoms with Gasteiger partial charge in [0.1, 0.15) is 6.61 Å². The second-order valence-corrected chi connectivity index (χ2v) is 11.7. The van der Waals surface area contributed by atoms with Crippen LogP contribution in [0.15, 0.2) is 48.8 Å². The lowest BCUT2D eigenvalue weighted by atomic mass is 9.87. The molecule has 9 nitrogen and oxygen atoms in total. The summed E-state index contributed by atoms with van der Waals surface area (Å²) in [5.41, 5.74) is -4.31. The van der Waals surface area contributed by atoms with Crippen molar-refractivity contribution in [3.8, 4) is 0 Å². The highest BCUT2D eigenvalue weighted by atomic mass is 19.4. The monoisotopic (exact) mass is 721 g/mol. The van der Waals surface area contributed by atoms with E-state index in [0.29, 0.717) is 44.1 Å². The zero-order valence-electron chi connectivity index (χ0n) is 26.4. The number of aliphatic hydroxyl groups excluding tert-OH is 1. The number of hydrogen-bond acceptors (Lipinski definition) is 8. The molecule has 0 spiro atoms. The molecular formula is C32H32F9N5O4. The number of carbonyl (C=O) groups excluding carboxylic acids is 1. The van der Waals surface area contributed by atoms with Gasteiger partial charge in [-0.3, -0.25) is 4.90 Å². The molecule has 1 amide bonds. The third-order valence-electron chi connectivity index (χ3n) is 8.45. The van der Waals surface area contributed by atoms with E-state index in [9.17, 15) is 49.4 Å². The Morgan fingerprint density at radius 1 is 0.920 bits per heavy atom. The third-order valence-corrected chi connectivity index (χ3v) is 8.45. The standard InChI is InChI=1S/C32H32F9N5O4/c1-2-23-15-27(25-14-20(30(33,34)35)3-4-26(25)46(23)29(48)50-10-7-47)45(28-42-16-24(17-43-28)44-5-8-49-9-6-44)18-19-11-21(31(36,37)38)13-22(12-19)32(39,40)41/h3-4,11-14,16-17,23,27,47H,2,5-10,15,18H2,1H3/t23-,27+/m1/s1. The van der Waals surface area contributed by atoms with Crippen LogP contribution in [0.1, 0.15) is 53.6 Å². The number of halogens is 9. The van der Waals surface area contributed by atoms with Crippen LogP contribution in [0.3, 0.4) is 0 Å². The first-order valence-corrected chi connectivity index (χ1v) is 15.5. The number of anilines is 3. The van der Waals surface area contributed by atoms with Crippen molar-refractivity contribution in [3.63, 3.8) is 0 Å². The summed E-state index contributed by atoms with van der Waals surface area (Å²) in [7, 11) is 0. The van der Waals surface area contributed by atoms with Gasteiger partial charge in [0.05, 0.1) is 66.3 Å². The van der Waals surface area contributed by atoms with Gasteiger partial charge in [0, 0.05) is 25.7 Å². The first kappa shape index (κ1) is 36.9. The fourth-order valence-electron chi connectivity index (χ4n) is 6.07. The highest BCUT2D eigenvalue weighted by molar-refractivity contribution is 5.90. The van der Waals surface area contributed by atoms with Crippen LogP contribution in [0.25, 0.3) is 0 Å². The Hall–Kier alpha value is -4.32. The molecule has 0 bridgehead atoms. The van der Waals surface area contributed by atoms with Gasteiger partial charge in [-0.05, 0) is 60.4 Å². The number of carbonyl (C=O) groups is 1. The van der Waals surface area contributed by atoms with E-state index < -0.39 is 78.7 Å². The van der Waals surface area contributed by atoms with E-state index in [1.807, 2.05) is 4.90 Å². The lowest BCUT2D eigenvalue weighted by molar-refractivity contribution is -0.143. The summed E-state index contributed by atoms with van der Waals surface area (Å²) >= 11 is 0. The van der Waals surface area contributed by atoms with Gasteiger partial charge in [-0.25, -0.2) is 14.8 Å². The van der Waals surface area contributed by atoms with Crippen molar-refractivity contribution in [3.05, 3.63) is 76.6 Å². The summed E-state index contributed by atoms with van der Waals surface area (Å²) in [6.07, 6.45) is -13.2. The maximum atomic E-state index is 14.1. The van der Waals surface area contributed by atoms with Crippen LogP contribution in [-0.4, -0.2) is 66.7 Å². The fraction of sp³-hybridized carbons (Fsp3) is 0.469. The normalized spacial score (nSPS) is 18.5. The van der Waals surface area contributed by atoms with E-state index in [4.69, 9.17) is 9.47 Å². The van der Waals surface area contributed by atoms with Gasteiger partial charge in [0.15, 0.2) is 0 Å². The topological polar surface area (TPSA) is 91.3 Å². The molecule has 272 valence electrons. The summed E-state index contributed by atoms with van der Waals surface area (Å²) in [6.45, 7) is 1.89. The fourth-order valence-corrected chi connectivity index (χ4v) is 6.07. The summed E-state index contributed by atoms with van der Waals surface area (Å²) in [4.78, 5) is 26.2. The first-order valence-electron chi connectivity index (χ1n) is 15.5. The average molecular weight is 722 g/mol. The van der Waals surface area contributed by atoms with Gasteiger partial charge in [0.2, 0.25) is 5.95 Å². The molecule has 0 unspecified atom stereocenters. The quantitative estimate of drug-likeness (QED) is 0.244. The van der Waals surface area contributed by atoms with Gasteiger partial charge in [-0.15, -0.1) is 0 Å². The minimum Gasteiger partial charge on any atom is -0.447 e. The first-order chi connectivity index (χ1) is 23.5. The second-order valence-electron chi connectivity index (χ2n) is 11.7. The zero-order valence-corrected chi connectivity index (χ0v) is 26.4. The molecule has 3 aromatic rings. The second kappa shape index (κ2) is 14.5. The van der Waals surface area contributed by atoms with Crippen LogP contribution in [-0.2, 0) is 34.5 Å². The van der Waals surface area contributed by atoms with Crippen LogP contribution in [0.4, 0.5) is 61.6 Å². The van der Waals surface area contributed by atoms with Crippen molar-refractivity contribution in [2.75, 3.05) is 54.2 Å². The molecule has 0 radical (unpaired) electrons. The smallest absolute Gasteiger partial charge is 0.416 e.